The van der Waals surface area contributed by atoms with E-state index < -0.39 is 0 Å². The van der Waals surface area contributed by atoms with Crippen molar-refractivity contribution < 1.29 is 9.26 Å². The number of aromatic nitrogens is 3. The minimum absolute atomic E-state index is 0.0181. The average Bonchev–Trinajstić information content (AvgIpc) is 2.88. The molecule has 6 nitrogen and oxygen atoms in total. The van der Waals surface area contributed by atoms with E-state index in [2.05, 4.69) is 26.1 Å². The van der Waals surface area contributed by atoms with Crippen LogP contribution in [0.15, 0.2) is 22.9 Å². The fourth-order valence-corrected chi connectivity index (χ4v) is 2.41. The van der Waals surface area contributed by atoms with Gasteiger partial charge in [0.05, 0.1) is 13.2 Å². The molecule has 1 saturated heterocycles. The third kappa shape index (κ3) is 2.71. The van der Waals surface area contributed by atoms with Crippen LogP contribution in [-0.4, -0.2) is 39.8 Å². The van der Waals surface area contributed by atoms with Crippen LogP contribution in [0.2, 0.25) is 0 Å². The van der Waals surface area contributed by atoms with Crippen LogP contribution >= 0.6 is 0 Å². The van der Waals surface area contributed by atoms with Gasteiger partial charge in [-0.05, 0) is 25.5 Å². The standard InChI is InChI=1S/C14H18N4O2/c1-10-12(4-3-5-15-10)8-18-6-7-19-9-13(18)14-16-11(2)17-20-14/h3-5,13H,6-9H2,1-2H3. The van der Waals surface area contributed by atoms with Gasteiger partial charge < -0.3 is 9.26 Å². The molecule has 20 heavy (non-hydrogen) atoms. The zero-order valence-corrected chi connectivity index (χ0v) is 11.7. The molecule has 0 N–H and O–H groups in total. The molecule has 0 saturated carbocycles. The number of pyridine rings is 1. The van der Waals surface area contributed by atoms with E-state index in [0.29, 0.717) is 18.3 Å². The summed E-state index contributed by atoms with van der Waals surface area (Å²) in [6.45, 7) is 6.83. The van der Waals surface area contributed by atoms with Crippen LogP contribution in [0.1, 0.15) is 29.0 Å². The van der Waals surface area contributed by atoms with Gasteiger partial charge in [-0.1, -0.05) is 11.2 Å². The number of nitrogens with zero attached hydrogens (tertiary/aromatic N) is 4. The van der Waals surface area contributed by atoms with E-state index >= 15 is 0 Å². The van der Waals surface area contributed by atoms with Crippen LogP contribution in [0, 0.1) is 13.8 Å². The van der Waals surface area contributed by atoms with Crippen molar-refractivity contribution in [2.24, 2.45) is 0 Å². The number of aryl methyl sites for hydroxylation is 2. The number of morpholine rings is 1. The van der Waals surface area contributed by atoms with Gasteiger partial charge in [-0.25, -0.2) is 0 Å². The van der Waals surface area contributed by atoms with Crippen molar-refractivity contribution in [1.82, 2.24) is 20.0 Å². The monoisotopic (exact) mass is 274 g/mol. The van der Waals surface area contributed by atoms with Gasteiger partial charge in [0.25, 0.3) is 0 Å². The maximum atomic E-state index is 5.56. The second-order valence-electron chi connectivity index (χ2n) is 4.99. The van der Waals surface area contributed by atoms with Gasteiger partial charge in [-0.15, -0.1) is 0 Å². The number of hydrogen-bond acceptors (Lipinski definition) is 6. The molecule has 1 atom stereocenters. The van der Waals surface area contributed by atoms with Gasteiger partial charge in [0.15, 0.2) is 5.82 Å². The predicted octanol–water partition coefficient (Wildman–Crippen LogP) is 1.65. The van der Waals surface area contributed by atoms with Crippen molar-refractivity contribution >= 4 is 0 Å². The molecular formula is C14H18N4O2. The van der Waals surface area contributed by atoms with E-state index in [0.717, 1.165) is 25.4 Å². The number of hydrogen-bond donors (Lipinski definition) is 0. The van der Waals surface area contributed by atoms with Crippen molar-refractivity contribution in [1.29, 1.82) is 0 Å². The first-order valence-corrected chi connectivity index (χ1v) is 6.76. The largest absolute Gasteiger partial charge is 0.378 e. The second-order valence-corrected chi connectivity index (χ2v) is 4.99. The summed E-state index contributed by atoms with van der Waals surface area (Å²) >= 11 is 0. The zero-order chi connectivity index (χ0) is 13.9. The molecule has 106 valence electrons. The van der Waals surface area contributed by atoms with Gasteiger partial charge in [-0.3, -0.25) is 9.88 Å². The topological polar surface area (TPSA) is 64.3 Å². The molecule has 1 unspecified atom stereocenters. The van der Waals surface area contributed by atoms with Gasteiger partial charge in [0, 0.05) is 25.0 Å². The molecule has 0 amide bonds. The molecule has 2 aromatic heterocycles. The summed E-state index contributed by atoms with van der Waals surface area (Å²) in [6, 6.07) is 4.09. The number of rotatable bonds is 3. The summed E-state index contributed by atoms with van der Waals surface area (Å²) in [5, 5.41) is 3.87. The molecule has 1 fully saturated rings. The summed E-state index contributed by atoms with van der Waals surface area (Å²) in [6.07, 6.45) is 1.82. The summed E-state index contributed by atoms with van der Waals surface area (Å²) < 4.78 is 10.9. The van der Waals surface area contributed by atoms with Gasteiger partial charge >= 0.3 is 0 Å². The van der Waals surface area contributed by atoms with Gasteiger partial charge in [-0.2, -0.15) is 4.98 Å². The molecule has 0 aromatic carbocycles. The SMILES string of the molecule is Cc1noc(C2COCCN2Cc2cccnc2C)n1. The Morgan fingerprint density at radius 2 is 2.30 bits per heavy atom. The molecule has 6 heteroatoms. The Labute approximate surface area is 117 Å². The third-order valence-electron chi connectivity index (χ3n) is 3.56. The van der Waals surface area contributed by atoms with Crippen LogP contribution in [0.3, 0.4) is 0 Å². The molecule has 2 aromatic rings. The second kappa shape index (κ2) is 5.68. The molecular weight excluding hydrogens is 256 g/mol. The maximum Gasteiger partial charge on any atom is 0.246 e. The van der Waals surface area contributed by atoms with Gasteiger partial charge in [0.2, 0.25) is 5.89 Å². The average molecular weight is 274 g/mol. The lowest BCUT2D eigenvalue weighted by Crippen LogP contribution is -2.39. The van der Waals surface area contributed by atoms with E-state index in [4.69, 9.17) is 9.26 Å². The highest BCUT2D eigenvalue weighted by Crippen LogP contribution is 2.25. The molecule has 0 bridgehead atoms. The maximum absolute atomic E-state index is 5.56. The van der Waals surface area contributed by atoms with Crippen molar-refractivity contribution in [2.75, 3.05) is 19.8 Å². The highest BCUT2D eigenvalue weighted by molar-refractivity contribution is 5.18. The Bertz CT molecular complexity index is 584. The minimum Gasteiger partial charge on any atom is -0.378 e. The Morgan fingerprint density at radius 3 is 3.05 bits per heavy atom. The Morgan fingerprint density at radius 1 is 1.40 bits per heavy atom. The predicted molar refractivity (Wildman–Crippen MR) is 72.0 cm³/mol. The summed E-state index contributed by atoms with van der Waals surface area (Å²) in [5.74, 6) is 1.28. The summed E-state index contributed by atoms with van der Waals surface area (Å²) in [4.78, 5) is 11.0. The molecule has 1 aliphatic rings. The first-order valence-electron chi connectivity index (χ1n) is 6.76. The van der Waals surface area contributed by atoms with E-state index in [1.54, 1.807) is 0 Å². The van der Waals surface area contributed by atoms with E-state index in [1.807, 2.05) is 26.1 Å². The van der Waals surface area contributed by atoms with E-state index in [9.17, 15) is 0 Å². The molecule has 1 aliphatic heterocycles. The van der Waals surface area contributed by atoms with Crippen molar-refractivity contribution in [2.45, 2.75) is 26.4 Å². The van der Waals surface area contributed by atoms with E-state index in [-0.39, 0.29) is 6.04 Å². The zero-order valence-electron chi connectivity index (χ0n) is 11.7. The fraction of sp³-hybridized carbons (Fsp3) is 0.500. The normalized spacial score (nSPS) is 20.2. The van der Waals surface area contributed by atoms with Crippen LogP contribution < -0.4 is 0 Å². The summed E-state index contributed by atoms with van der Waals surface area (Å²) in [7, 11) is 0. The molecule has 0 aliphatic carbocycles. The van der Waals surface area contributed by atoms with Crippen molar-refractivity contribution in [3.63, 3.8) is 0 Å². The van der Waals surface area contributed by atoms with E-state index in [1.165, 1.54) is 5.56 Å². The quantitative estimate of drug-likeness (QED) is 0.848. The minimum atomic E-state index is 0.0181. The number of ether oxygens (including phenoxy) is 1. The highest BCUT2D eigenvalue weighted by atomic mass is 16.5. The van der Waals surface area contributed by atoms with Crippen LogP contribution in [-0.2, 0) is 11.3 Å². The lowest BCUT2D eigenvalue weighted by Gasteiger charge is -2.33. The lowest BCUT2D eigenvalue weighted by atomic mass is 10.1. The Kier molecular flexibility index (Phi) is 3.75. The van der Waals surface area contributed by atoms with Crippen LogP contribution in [0.4, 0.5) is 0 Å². The molecule has 3 rings (SSSR count). The Hall–Kier alpha value is -1.79. The highest BCUT2D eigenvalue weighted by Gasteiger charge is 2.29. The molecule has 3 heterocycles. The fourth-order valence-electron chi connectivity index (χ4n) is 2.41. The lowest BCUT2D eigenvalue weighted by molar-refractivity contribution is -0.0242. The Balaban J connectivity index is 1.81. The summed E-state index contributed by atoms with van der Waals surface area (Å²) in [5.41, 5.74) is 2.27. The third-order valence-corrected chi connectivity index (χ3v) is 3.56. The van der Waals surface area contributed by atoms with Crippen LogP contribution in [0.5, 0.6) is 0 Å². The van der Waals surface area contributed by atoms with Gasteiger partial charge in [0.1, 0.15) is 6.04 Å². The first kappa shape index (κ1) is 13.2. The smallest absolute Gasteiger partial charge is 0.246 e. The van der Waals surface area contributed by atoms with Crippen molar-refractivity contribution in [3.05, 3.63) is 41.3 Å². The van der Waals surface area contributed by atoms with Crippen LogP contribution in [0.25, 0.3) is 0 Å². The van der Waals surface area contributed by atoms with Crippen molar-refractivity contribution in [3.8, 4) is 0 Å². The molecule has 0 spiro atoms. The first-order chi connectivity index (χ1) is 9.74. The molecule has 0 radical (unpaired) electrons.